The third-order valence-electron chi connectivity index (χ3n) is 15.4. The zero-order valence-electron chi connectivity index (χ0n) is 46.4. The average molecular weight is 1220 g/mol. The fourth-order valence-corrected chi connectivity index (χ4v) is 12.4. The highest BCUT2D eigenvalue weighted by atomic mass is 35.7. The van der Waals surface area contributed by atoms with Gasteiger partial charge in [-0.05, 0) is 139 Å². The highest BCUT2D eigenvalue weighted by Crippen LogP contribution is 2.60. The van der Waals surface area contributed by atoms with Gasteiger partial charge in [0, 0.05) is 59.4 Å². The van der Waals surface area contributed by atoms with Crippen LogP contribution in [0.2, 0.25) is 0 Å². The topological polar surface area (TPSA) is 227 Å². The fourth-order valence-electron chi connectivity index (χ4n) is 10.6. The molecular formula is C56H65ClF6N10O8S2. The van der Waals surface area contributed by atoms with Crippen LogP contribution in [-0.2, 0) is 19.1 Å². The van der Waals surface area contributed by atoms with Crippen molar-refractivity contribution in [3.63, 3.8) is 0 Å². The van der Waals surface area contributed by atoms with Crippen LogP contribution < -0.4 is 29.7 Å². The predicted molar refractivity (Wildman–Crippen MR) is 298 cm³/mol. The summed E-state index contributed by atoms with van der Waals surface area (Å²) < 4.78 is 142. The Labute approximate surface area is 482 Å². The maximum absolute atomic E-state index is 13.4. The molecular weight excluding hydrogens is 1150 g/mol. The van der Waals surface area contributed by atoms with Crippen LogP contribution in [0, 0.1) is 22.7 Å². The van der Waals surface area contributed by atoms with E-state index in [1.807, 2.05) is 18.7 Å². The first kappa shape index (κ1) is 62.1. The van der Waals surface area contributed by atoms with E-state index >= 15 is 0 Å². The molecule has 10 rings (SSSR count). The van der Waals surface area contributed by atoms with Gasteiger partial charge in [-0.25, -0.2) is 40.9 Å². The van der Waals surface area contributed by atoms with E-state index in [9.17, 15) is 52.8 Å². The Morgan fingerprint density at radius 3 is 1.37 bits per heavy atom. The molecule has 2 aromatic carbocycles. The van der Waals surface area contributed by atoms with E-state index in [0.717, 1.165) is 19.4 Å². The van der Waals surface area contributed by atoms with Gasteiger partial charge in [-0.3, -0.25) is 9.59 Å². The second kappa shape index (κ2) is 23.6. The molecule has 4 aromatic heterocycles. The molecule has 0 spiro atoms. The number of ether oxygens (including phenoxy) is 2. The summed E-state index contributed by atoms with van der Waals surface area (Å²) in [5, 5.41) is 8.60. The molecule has 2 aliphatic carbocycles. The molecule has 6 heterocycles. The van der Waals surface area contributed by atoms with Crippen LogP contribution in [0.15, 0.2) is 119 Å². The number of primary amides is 1. The lowest BCUT2D eigenvalue weighted by Crippen LogP contribution is -2.41. The van der Waals surface area contributed by atoms with Crippen LogP contribution in [0.1, 0.15) is 114 Å². The third kappa shape index (κ3) is 14.5. The highest BCUT2D eigenvalue weighted by Gasteiger charge is 2.63. The summed E-state index contributed by atoms with van der Waals surface area (Å²) in [4.78, 5) is 38.9. The molecule has 0 radical (unpaired) electrons. The Balaban J connectivity index is 0.000000189. The van der Waals surface area contributed by atoms with Gasteiger partial charge >= 0.3 is 12.4 Å². The number of halogens is 7. The number of carbonyl (C=O) groups is 2. The van der Waals surface area contributed by atoms with Crippen LogP contribution in [0.25, 0.3) is 11.6 Å². The number of rotatable bonds is 17. The van der Waals surface area contributed by atoms with Crippen molar-refractivity contribution < 1.29 is 62.2 Å². The lowest BCUT2D eigenvalue weighted by atomic mass is 9.97. The van der Waals surface area contributed by atoms with Gasteiger partial charge in [0.25, 0.3) is 30.9 Å². The second-order valence-electron chi connectivity index (χ2n) is 22.9. The Kier molecular flexibility index (Phi) is 17.7. The van der Waals surface area contributed by atoms with Crippen molar-refractivity contribution in [1.82, 2.24) is 34.3 Å². The Hall–Kier alpha value is -6.93. The van der Waals surface area contributed by atoms with Gasteiger partial charge in [0.05, 0.1) is 45.0 Å². The lowest BCUT2D eigenvalue weighted by Gasteiger charge is -2.34. The van der Waals surface area contributed by atoms with Crippen molar-refractivity contribution in [1.29, 1.82) is 0 Å². The molecule has 27 heteroatoms. The minimum Gasteiger partial charge on any atom is -0.477 e. The van der Waals surface area contributed by atoms with E-state index in [-0.39, 0.29) is 89.9 Å². The number of amides is 2. The zero-order valence-corrected chi connectivity index (χ0v) is 48.8. The molecule has 83 heavy (non-hydrogen) atoms. The summed E-state index contributed by atoms with van der Waals surface area (Å²) in [5.41, 5.74) is 2.20. The largest absolute Gasteiger partial charge is 0.477 e. The second-order valence-corrected chi connectivity index (χ2v) is 27.1. The molecule has 0 bridgehead atoms. The van der Waals surface area contributed by atoms with Gasteiger partial charge in [0.2, 0.25) is 11.8 Å². The van der Waals surface area contributed by atoms with Gasteiger partial charge in [-0.2, -0.15) is 26.3 Å². The van der Waals surface area contributed by atoms with E-state index in [4.69, 9.17) is 30.9 Å². The zero-order chi connectivity index (χ0) is 60.6. The average Bonchev–Trinajstić information content (AvgIpc) is 4.39. The number of pyridine rings is 2. The molecule has 18 nitrogen and oxygen atoms in total. The van der Waals surface area contributed by atoms with Crippen LogP contribution >= 0.6 is 10.7 Å². The maximum atomic E-state index is 13.4. The summed E-state index contributed by atoms with van der Waals surface area (Å²) in [6.45, 7) is 13.7. The normalized spacial score (nSPS) is 19.4. The van der Waals surface area contributed by atoms with Crippen molar-refractivity contribution >= 4 is 53.2 Å². The Morgan fingerprint density at radius 1 is 0.627 bits per heavy atom. The van der Waals surface area contributed by atoms with E-state index < -0.39 is 54.1 Å². The van der Waals surface area contributed by atoms with Crippen molar-refractivity contribution in [2.75, 3.05) is 36.1 Å². The quantitative estimate of drug-likeness (QED) is 0.0640. The molecule has 2 atom stereocenters. The van der Waals surface area contributed by atoms with Gasteiger partial charge in [-0.1, -0.05) is 50.2 Å². The third-order valence-corrected chi connectivity index (χ3v) is 18.1. The monoisotopic (exact) mass is 1220 g/mol. The Morgan fingerprint density at radius 2 is 1.02 bits per heavy atom. The highest BCUT2D eigenvalue weighted by molar-refractivity contribution is 8.13. The lowest BCUT2D eigenvalue weighted by molar-refractivity contribution is -0.190. The molecule has 2 saturated carbocycles. The molecule has 2 saturated heterocycles. The predicted octanol–water partition coefficient (Wildman–Crippen LogP) is 10.8. The number of aromatic nitrogens is 6. The van der Waals surface area contributed by atoms with E-state index in [1.165, 1.54) is 51.8 Å². The van der Waals surface area contributed by atoms with E-state index in [2.05, 4.69) is 52.5 Å². The van der Waals surface area contributed by atoms with Gasteiger partial charge < -0.3 is 25.0 Å². The van der Waals surface area contributed by atoms with Gasteiger partial charge in [0.1, 0.15) is 11.6 Å². The number of carbonyl (C=O) groups excluding carboxylic acids is 2. The molecule has 2 aliphatic heterocycles. The van der Waals surface area contributed by atoms with Gasteiger partial charge in [-0.15, -0.1) is 10.2 Å². The summed E-state index contributed by atoms with van der Waals surface area (Å²) in [5.74, 6) is 1.34. The summed E-state index contributed by atoms with van der Waals surface area (Å²) in [6.07, 6.45) is -3.15. The number of nitrogens with zero attached hydrogens (tertiary/aromatic N) is 8. The molecule has 2 amide bonds. The number of alkyl halides is 6. The van der Waals surface area contributed by atoms with Gasteiger partial charge in [0.15, 0.2) is 11.6 Å². The van der Waals surface area contributed by atoms with E-state index in [0.29, 0.717) is 47.2 Å². The number of anilines is 2. The minimum atomic E-state index is -4.24. The van der Waals surface area contributed by atoms with E-state index in [1.54, 1.807) is 67.0 Å². The molecule has 6 aromatic rings. The minimum absolute atomic E-state index is 0.0403. The number of nitrogens with two attached hydrogens (primary N) is 1. The van der Waals surface area contributed by atoms with Crippen molar-refractivity contribution in [2.24, 2.45) is 28.4 Å². The maximum Gasteiger partial charge on any atom is 0.394 e. The summed E-state index contributed by atoms with van der Waals surface area (Å²) in [7, 11) is -2.62. The van der Waals surface area contributed by atoms with Crippen LogP contribution in [0.5, 0.6) is 11.8 Å². The first-order valence-corrected chi connectivity index (χ1v) is 30.5. The number of hydrogen-bond acceptors (Lipinski definition) is 14. The number of hydrogen-bond donors (Lipinski definition) is 2. The molecule has 4 fully saturated rings. The smallest absolute Gasteiger partial charge is 0.394 e. The summed E-state index contributed by atoms with van der Waals surface area (Å²) in [6, 6.07) is 24.9. The van der Waals surface area contributed by atoms with Crippen LogP contribution in [-0.4, -0.2) is 108 Å². The molecule has 3 N–H and O–H groups in total. The standard InChI is InChI=1S/C28H32F3N5O4S.C22H28F3N5O2.C6H5ClO2S/c1-19-17-26(2,3)35(18-19)24-21(25(37)34-41(38,39)20-7-5-4-6-8-20)9-10-22(32-24)36-15-11-23(33-36)40-16-14-27(12-13-27)28(29,30)31;1-14-12-20(2,3)29(13-14)19-15(18(26)31)4-5-16(27-19)30-10-6-17(28-30)32-11-9-21(7-8-21)22(23,24)25;7-10(8,9)6-4-2-1-3-5-6/h4-11,15,19H,12-14,16-18H2,1-3H3,(H,34,37);4-6,10,14H,7-9,11-13H2,1-3H3,(H2,26,31);1-5H/t19-;14-;/m00./s1. The first-order chi connectivity index (χ1) is 38.7. The summed E-state index contributed by atoms with van der Waals surface area (Å²) >= 11 is 0. The molecule has 0 unspecified atom stereocenters. The Bertz CT molecular complexity index is 3520. The number of nitrogens with one attached hydrogen (secondary N) is 1. The van der Waals surface area contributed by atoms with Crippen molar-refractivity contribution in [3.8, 4) is 23.4 Å². The molecule has 448 valence electrons. The number of sulfonamides is 1. The van der Waals surface area contributed by atoms with Crippen molar-refractivity contribution in [3.05, 3.63) is 121 Å². The van der Waals surface area contributed by atoms with Crippen molar-refractivity contribution in [2.45, 2.75) is 126 Å². The van der Waals surface area contributed by atoms with Crippen LogP contribution in [0.4, 0.5) is 38.0 Å². The fraction of sp³-hybridized carbons (Fsp3) is 0.464. The molecule has 4 aliphatic rings. The van der Waals surface area contributed by atoms with Crippen LogP contribution in [0.3, 0.4) is 0 Å². The number of benzene rings is 2. The SMILES string of the molecule is C[C@@H]1CN(c2nc(-n3ccc(OCCC4(C(F)(F)F)CC4)n3)ccc2C(=O)NS(=O)(=O)c2ccccc2)C(C)(C)C1.C[C@@H]1CN(c2nc(-n3ccc(OCCC4(C(F)(F)F)CC4)n3)ccc2C(N)=O)C(C)(C)C1.O=S(=O)(Cl)c1ccccc1. The first-order valence-electron chi connectivity index (χ1n) is 26.7.